The van der Waals surface area contributed by atoms with E-state index in [4.69, 9.17) is 23.2 Å². The van der Waals surface area contributed by atoms with Crippen molar-refractivity contribution in [3.8, 4) is 11.3 Å². The summed E-state index contributed by atoms with van der Waals surface area (Å²) in [6, 6.07) is 11.5. The second-order valence-electron chi connectivity index (χ2n) is 6.16. The molecule has 142 valence electrons. The van der Waals surface area contributed by atoms with Gasteiger partial charge in [0.25, 0.3) is 0 Å². The minimum absolute atomic E-state index is 0.132. The average Bonchev–Trinajstić information content (AvgIpc) is 3.24. The Balaban J connectivity index is 1.47. The van der Waals surface area contributed by atoms with Crippen LogP contribution in [0.25, 0.3) is 16.2 Å². The number of carbonyl (C=O) groups excluding carboxylic acids is 1. The van der Waals surface area contributed by atoms with E-state index in [9.17, 15) is 9.18 Å². The summed E-state index contributed by atoms with van der Waals surface area (Å²) < 4.78 is 15.9. The zero-order chi connectivity index (χ0) is 19.7. The second kappa shape index (κ2) is 7.91. The van der Waals surface area contributed by atoms with Crippen molar-refractivity contribution in [3.05, 3.63) is 75.6 Å². The van der Waals surface area contributed by atoms with Gasteiger partial charge in [0.15, 0.2) is 4.96 Å². The van der Waals surface area contributed by atoms with Crippen LogP contribution in [0.1, 0.15) is 12.1 Å². The quantitative estimate of drug-likeness (QED) is 0.414. The molecule has 0 bridgehead atoms. The Morgan fingerprint density at radius 1 is 1.18 bits per heavy atom. The molecule has 0 aliphatic heterocycles. The molecule has 2 aromatic heterocycles. The number of thiazole rings is 1. The minimum atomic E-state index is -0.309. The number of nitrogens with one attached hydrogen (secondary N) is 1. The van der Waals surface area contributed by atoms with Crippen LogP contribution in [-0.2, 0) is 11.2 Å². The molecule has 0 saturated heterocycles. The number of aromatic nitrogens is 2. The van der Waals surface area contributed by atoms with E-state index in [0.717, 1.165) is 10.7 Å². The summed E-state index contributed by atoms with van der Waals surface area (Å²) in [6.07, 6.45) is 2.62. The number of anilines is 1. The number of aryl methyl sites for hydroxylation is 1. The number of benzene rings is 2. The van der Waals surface area contributed by atoms with Gasteiger partial charge in [0.2, 0.25) is 5.91 Å². The summed E-state index contributed by atoms with van der Waals surface area (Å²) in [5.74, 6) is -0.442. The van der Waals surface area contributed by atoms with E-state index in [1.54, 1.807) is 42.6 Å². The standard InChI is InChI=1S/C20H14Cl2FN3OS/c21-15-7-5-12(9-16(15)22)24-19(27)8-6-13-11-28-20-25-18(10-26(13)20)14-3-1-2-4-17(14)23/h1-5,7,9-11H,6,8H2,(H,24,27). The molecular formula is C20H14Cl2FN3OS. The van der Waals surface area contributed by atoms with Gasteiger partial charge in [-0.25, -0.2) is 9.37 Å². The Morgan fingerprint density at radius 2 is 2.00 bits per heavy atom. The van der Waals surface area contributed by atoms with Gasteiger partial charge >= 0.3 is 0 Å². The Bertz CT molecular complexity index is 1170. The van der Waals surface area contributed by atoms with Gasteiger partial charge in [-0.2, -0.15) is 0 Å². The van der Waals surface area contributed by atoms with Crippen molar-refractivity contribution in [3.63, 3.8) is 0 Å². The van der Waals surface area contributed by atoms with Crippen LogP contribution in [0.2, 0.25) is 10.0 Å². The molecule has 0 radical (unpaired) electrons. The van der Waals surface area contributed by atoms with Crippen molar-refractivity contribution >= 4 is 51.1 Å². The van der Waals surface area contributed by atoms with Crippen LogP contribution in [-0.4, -0.2) is 15.3 Å². The molecule has 2 aromatic carbocycles. The zero-order valence-electron chi connectivity index (χ0n) is 14.5. The van der Waals surface area contributed by atoms with Crippen LogP contribution in [0, 0.1) is 5.82 Å². The molecule has 1 N–H and O–H groups in total. The molecule has 0 atom stereocenters. The van der Waals surface area contributed by atoms with Crippen molar-refractivity contribution < 1.29 is 9.18 Å². The first kappa shape index (κ1) is 18.9. The predicted molar refractivity (Wildman–Crippen MR) is 112 cm³/mol. The van der Waals surface area contributed by atoms with Crippen molar-refractivity contribution in [1.82, 2.24) is 9.38 Å². The lowest BCUT2D eigenvalue weighted by Gasteiger charge is -2.06. The molecular weight excluding hydrogens is 420 g/mol. The van der Waals surface area contributed by atoms with Crippen LogP contribution < -0.4 is 5.32 Å². The lowest BCUT2D eigenvalue weighted by molar-refractivity contribution is -0.116. The van der Waals surface area contributed by atoms with E-state index in [2.05, 4.69) is 10.3 Å². The topological polar surface area (TPSA) is 46.4 Å². The second-order valence-corrected chi connectivity index (χ2v) is 7.81. The normalized spacial score (nSPS) is 11.1. The van der Waals surface area contributed by atoms with Gasteiger partial charge in [0.05, 0.1) is 15.7 Å². The Kier molecular flexibility index (Phi) is 5.35. The van der Waals surface area contributed by atoms with E-state index >= 15 is 0 Å². The van der Waals surface area contributed by atoms with Crippen LogP contribution in [0.15, 0.2) is 54.0 Å². The van der Waals surface area contributed by atoms with Gasteiger partial charge in [-0.15, -0.1) is 11.3 Å². The summed E-state index contributed by atoms with van der Waals surface area (Å²) in [6.45, 7) is 0. The Morgan fingerprint density at radius 3 is 2.79 bits per heavy atom. The van der Waals surface area contributed by atoms with Gasteiger partial charge < -0.3 is 5.32 Å². The third-order valence-electron chi connectivity index (χ3n) is 4.24. The molecule has 8 heteroatoms. The number of amides is 1. The molecule has 0 fully saturated rings. The predicted octanol–water partition coefficient (Wildman–Crippen LogP) is 6.08. The summed E-state index contributed by atoms with van der Waals surface area (Å²) in [5.41, 5.74) is 2.58. The van der Waals surface area contributed by atoms with Crippen LogP contribution in [0.5, 0.6) is 0 Å². The highest BCUT2D eigenvalue weighted by Crippen LogP contribution is 2.27. The molecule has 0 unspecified atom stereocenters. The lowest BCUT2D eigenvalue weighted by atomic mass is 10.1. The van der Waals surface area contributed by atoms with E-state index in [-0.39, 0.29) is 11.7 Å². The fourth-order valence-electron chi connectivity index (χ4n) is 2.85. The smallest absolute Gasteiger partial charge is 0.224 e. The van der Waals surface area contributed by atoms with E-state index in [0.29, 0.717) is 39.8 Å². The van der Waals surface area contributed by atoms with E-state index in [1.807, 2.05) is 9.78 Å². The number of nitrogens with zero attached hydrogens (tertiary/aromatic N) is 2. The highest BCUT2D eigenvalue weighted by molar-refractivity contribution is 7.15. The fourth-order valence-corrected chi connectivity index (χ4v) is 4.05. The maximum atomic E-state index is 14.0. The van der Waals surface area contributed by atoms with Gasteiger partial charge in [-0.1, -0.05) is 35.3 Å². The molecule has 0 aliphatic carbocycles. The summed E-state index contributed by atoms with van der Waals surface area (Å²) in [4.78, 5) is 17.5. The monoisotopic (exact) mass is 433 g/mol. The van der Waals surface area contributed by atoms with Crippen molar-refractivity contribution in [2.45, 2.75) is 12.8 Å². The van der Waals surface area contributed by atoms with Gasteiger partial charge in [0.1, 0.15) is 5.82 Å². The molecule has 4 rings (SSSR count). The summed E-state index contributed by atoms with van der Waals surface area (Å²) >= 11 is 13.3. The van der Waals surface area contributed by atoms with Gasteiger partial charge in [0, 0.05) is 34.9 Å². The molecule has 4 nitrogen and oxygen atoms in total. The first-order valence-electron chi connectivity index (χ1n) is 8.46. The van der Waals surface area contributed by atoms with Gasteiger partial charge in [-0.05, 0) is 36.8 Å². The van der Waals surface area contributed by atoms with Crippen molar-refractivity contribution in [2.24, 2.45) is 0 Å². The minimum Gasteiger partial charge on any atom is -0.326 e. The third-order valence-corrected chi connectivity index (χ3v) is 5.87. The Labute approximate surface area is 174 Å². The molecule has 0 spiro atoms. The average molecular weight is 434 g/mol. The van der Waals surface area contributed by atoms with E-state index < -0.39 is 0 Å². The first-order valence-corrected chi connectivity index (χ1v) is 10.1. The third kappa shape index (κ3) is 3.90. The maximum Gasteiger partial charge on any atom is 0.224 e. The lowest BCUT2D eigenvalue weighted by Crippen LogP contribution is -2.12. The van der Waals surface area contributed by atoms with Crippen LogP contribution in [0.4, 0.5) is 10.1 Å². The molecule has 0 aliphatic rings. The SMILES string of the molecule is O=C(CCc1csc2nc(-c3ccccc3F)cn12)Nc1ccc(Cl)c(Cl)c1. The largest absolute Gasteiger partial charge is 0.326 e. The number of imidazole rings is 1. The maximum absolute atomic E-state index is 14.0. The van der Waals surface area contributed by atoms with Crippen molar-refractivity contribution in [1.29, 1.82) is 0 Å². The van der Waals surface area contributed by atoms with Crippen LogP contribution in [0.3, 0.4) is 0 Å². The first-order chi connectivity index (χ1) is 13.5. The number of fused-ring (bicyclic) bond motifs is 1. The number of halogens is 3. The Hall–Kier alpha value is -2.41. The molecule has 2 heterocycles. The number of hydrogen-bond donors (Lipinski definition) is 1. The summed E-state index contributed by atoms with van der Waals surface area (Å²) in [7, 11) is 0. The number of rotatable bonds is 5. The molecule has 0 saturated carbocycles. The van der Waals surface area contributed by atoms with E-state index in [1.165, 1.54) is 17.4 Å². The number of carbonyl (C=O) groups is 1. The number of hydrogen-bond acceptors (Lipinski definition) is 3. The fraction of sp³-hybridized carbons (Fsp3) is 0.100. The summed E-state index contributed by atoms with van der Waals surface area (Å²) in [5, 5.41) is 5.59. The molecule has 1 amide bonds. The van der Waals surface area contributed by atoms with Crippen LogP contribution >= 0.6 is 34.5 Å². The highest BCUT2D eigenvalue weighted by atomic mass is 35.5. The zero-order valence-corrected chi connectivity index (χ0v) is 16.8. The van der Waals surface area contributed by atoms with Gasteiger partial charge in [-0.3, -0.25) is 9.20 Å². The molecule has 28 heavy (non-hydrogen) atoms. The highest BCUT2D eigenvalue weighted by Gasteiger charge is 2.13. The molecule has 4 aromatic rings. The van der Waals surface area contributed by atoms with Crippen molar-refractivity contribution in [2.75, 3.05) is 5.32 Å².